The molecule has 0 radical (unpaired) electrons. The average molecular weight is 155 g/mol. The molecule has 1 rings (SSSR count). The molecule has 11 heavy (non-hydrogen) atoms. The Morgan fingerprint density at radius 3 is 2.91 bits per heavy atom. The van der Waals surface area contributed by atoms with Crippen LogP contribution >= 0.6 is 0 Å². The topological polar surface area (TPSA) is 58.6 Å². The smallest absolute Gasteiger partial charge is 0.296 e. The summed E-state index contributed by atoms with van der Waals surface area (Å²) in [7, 11) is 0. The van der Waals surface area contributed by atoms with Crippen LogP contribution in [0.5, 0.6) is 0 Å². The fraction of sp³-hybridized carbons (Fsp3) is 0.571. The van der Waals surface area contributed by atoms with Gasteiger partial charge in [-0.2, -0.15) is 0 Å². The number of carbonyl (C=O) groups is 1. The van der Waals surface area contributed by atoms with Crippen molar-refractivity contribution >= 4 is 5.91 Å². The number of aliphatic hydroxyl groups is 1. The zero-order valence-corrected chi connectivity index (χ0v) is 5.91. The van der Waals surface area contributed by atoms with Crippen molar-refractivity contribution in [1.29, 1.82) is 0 Å². The molecule has 1 aliphatic rings. The number of nitrogens with one attached hydrogen (secondary N) is 1. The summed E-state index contributed by atoms with van der Waals surface area (Å²) in [6.07, 6.45) is 4.18. The summed E-state index contributed by atoms with van der Waals surface area (Å²) in [5, 5.41) is 11.6. The highest BCUT2D eigenvalue weighted by Gasteiger charge is 2.26. The lowest BCUT2D eigenvalue weighted by atomic mass is 10.2. The lowest BCUT2D eigenvalue weighted by molar-refractivity contribution is -0.116. The highest BCUT2D eigenvalue weighted by Crippen LogP contribution is 2.04. The van der Waals surface area contributed by atoms with Gasteiger partial charge in [-0.3, -0.25) is 4.79 Å². The van der Waals surface area contributed by atoms with Crippen molar-refractivity contribution in [2.24, 2.45) is 0 Å². The molecule has 1 amide bonds. The molecule has 0 aromatic carbocycles. The van der Waals surface area contributed by atoms with E-state index in [4.69, 9.17) is 16.3 Å². The van der Waals surface area contributed by atoms with Crippen molar-refractivity contribution in [3.63, 3.8) is 0 Å². The third-order valence-corrected chi connectivity index (χ3v) is 1.50. The van der Waals surface area contributed by atoms with Crippen LogP contribution < -0.4 is 5.32 Å². The molecule has 0 aromatic heterocycles. The molecule has 0 bridgehead atoms. The Kier molecular flexibility index (Phi) is 2.47. The largest absolute Gasteiger partial charge is 0.388 e. The van der Waals surface area contributed by atoms with Gasteiger partial charge in [-0.15, -0.1) is 6.42 Å². The predicted molar refractivity (Wildman–Crippen MR) is 37.6 cm³/mol. The molecular formula is C7H9NO3. The van der Waals surface area contributed by atoms with E-state index in [2.05, 4.69) is 5.32 Å². The van der Waals surface area contributed by atoms with Gasteiger partial charge in [-0.1, -0.05) is 0 Å². The maximum atomic E-state index is 10.6. The van der Waals surface area contributed by atoms with E-state index in [-0.39, 0.29) is 12.6 Å². The molecule has 2 atom stereocenters. The van der Waals surface area contributed by atoms with E-state index in [1.165, 1.54) is 0 Å². The average Bonchev–Trinajstić information content (AvgIpc) is 2.37. The first-order chi connectivity index (χ1) is 5.24. The summed E-state index contributed by atoms with van der Waals surface area (Å²) in [5.74, 6) is 1.38. The van der Waals surface area contributed by atoms with Crippen LogP contribution in [-0.4, -0.2) is 36.4 Å². The first-order valence-corrected chi connectivity index (χ1v) is 3.27. The van der Waals surface area contributed by atoms with Gasteiger partial charge in [0.1, 0.15) is 0 Å². The van der Waals surface area contributed by atoms with E-state index < -0.39 is 12.0 Å². The molecule has 60 valence electrons. The third kappa shape index (κ3) is 1.93. The molecule has 0 aromatic rings. The normalized spacial score (nSPS) is 29.5. The van der Waals surface area contributed by atoms with E-state index in [9.17, 15) is 4.79 Å². The summed E-state index contributed by atoms with van der Waals surface area (Å²) < 4.78 is 4.88. The number of rotatable bonds is 1. The second-order valence-corrected chi connectivity index (χ2v) is 2.33. The van der Waals surface area contributed by atoms with Crippen molar-refractivity contribution in [2.45, 2.75) is 12.1 Å². The predicted octanol–water partition coefficient (Wildman–Crippen LogP) is -1.50. The number of hydrogen-bond acceptors (Lipinski definition) is 3. The number of terminal acetylenes is 1. The minimum absolute atomic E-state index is 0.259. The number of carbonyl (C=O) groups excluding carboxylic acids is 1. The van der Waals surface area contributed by atoms with Gasteiger partial charge in [-0.25, -0.2) is 0 Å². The van der Waals surface area contributed by atoms with Gasteiger partial charge in [0, 0.05) is 0 Å². The van der Waals surface area contributed by atoms with Crippen LogP contribution in [-0.2, 0) is 9.53 Å². The highest BCUT2D eigenvalue weighted by atomic mass is 16.5. The summed E-state index contributed by atoms with van der Waals surface area (Å²) in [6.45, 7) is 0.587. The second-order valence-electron chi connectivity index (χ2n) is 2.33. The molecular weight excluding hydrogens is 146 g/mol. The van der Waals surface area contributed by atoms with Crippen molar-refractivity contribution in [3.05, 3.63) is 0 Å². The van der Waals surface area contributed by atoms with Crippen molar-refractivity contribution < 1.29 is 14.6 Å². The van der Waals surface area contributed by atoms with E-state index >= 15 is 0 Å². The summed E-state index contributed by atoms with van der Waals surface area (Å²) in [5.41, 5.74) is 0. The molecule has 0 spiro atoms. The van der Waals surface area contributed by atoms with Crippen molar-refractivity contribution in [1.82, 2.24) is 5.32 Å². The number of aliphatic hydroxyl groups excluding tert-OH is 1. The van der Waals surface area contributed by atoms with E-state index in [0.29, 0.717) is 6.61 Å². The molecule has 1 fully saturated rings. The van der Waals surface area contributed by atoms with Gasteiger partial charge >= 0.3 is 0 Å². The van der Waals surface area contributed by atoms with Crippen LogP contribution in [0.3, 0.4) is 0 Å². The molecule has 1 aliphatic heterocycles. The first-order valence-electron chi connectivity index (χ1n) is 3.27. The maximum absolute atomic E-state index is 10.6. The molecule has 0 saturated carbocycles. The zero-order chi connectivity index (χ0) is 8.27. The van der Waals surface area contributed by atoms with Gasteiger partial charge in [0.2, 0.25) is 0 Å². The zero-order valence-electron chi connectivity index (χ0n) is 5.91. The first kappa shape index (κ1) is 8.05. The monoisotopic (exact) mass is 155 g/mol. The number of ether oxygens (including phenoxy) is 1. The molecule has 0 aliphatic carbocycles. The van der Waals surface area contributed by atoms with Gasteiger partial charge in [0.05, 0.1) is 25.4 Å². The van der Waals surface area contributed by atoms with Crippen LogP contribution in [0.15, 0.2) is 0 Å². The van der Waals surface area contributed by atoms with Gasteiger partial charge in [0.25, 0.3) is 5.91 Å². The Morgan fingerprint density at radius 2 is 2.45 bits per heavy atom. The van der Waals surface area contributed by atoms with Gasteiger partial charge < -0.3 is 15.2 Å². The Labute approximate surface area is 64.5 Å². The number of amides is 1. The van der Waals surface area contributed by atoms with E-state index in [1.807, 2.05) is 5.92 Å². The van der Waals surface area contributed by atoms with Crippen LogP contribution in [0.1, 0.15) is 0 Å². The fourth-order valence-electron chi connectivity index (χ4n) is 0.891. The molecule has 1 saturated heterocycles. The fourth-order valence-corrected chi connectivity index (χ4v) is 0.891. The lowest BCUT2D eigenvalue weighted by Gasteiger charge is -2.11. The van der Waals surface area contributed by atoms with Gasteiger partial charge in [-0.05, 0) is 5.92 Å². The Balaban J connectivity index is 2.38. The van der Waals surface area contributed by atoms with Crippen LogP contribution in [0.2, 0.25) is 0 Å². The maximum Gasteiger partial charge on any atom is 0.296 e. The third-order valence-electron chi connectivity index (χ3n) is 1.50. The van der Waals surface area contributed by atoms with Gasteiger partial charge in [0.15, 0.2) is 0 Å². The summed E-state index contributed by atoms with van der Waals surface area (Å²) >= 11 is 0. The van der Waals surface area contributed by atoms with Crippen molar-refractivity contribution in [2.75, 3.05) is 13.2 Å². The SMILES string of the molecule is C#CC(=O)N[C@@H]1COC[C@H]1O. The second kappa shape index (κ2) is 3.37. The standard InChI is InChI=1S/C7H9NO3/c1-2-7(10)8-5-3-11-4-6(5)9/h1,5-6,9H,3-4H2,(H,8,10)/t5-,6-/m1/s1. The van der Waals surface area contributed by atoms with E-state index in [1.54, 1.807) is 0 Å². The number of hydrogen-bond donors (Lipinski definition) is 2. The molecule has 4 nitrogen and oxygen atoms in total. The van der Waals surface area contributed by atoms with Crippen molar-refractivity contribution in [3.8, 4) is 12.3 Å². The van der Waals surface area contributed by atoms with E-state index in [0.717, 1.165) is 0 Å². The Bertz CT molecular complexity index is 196. The lowest BCUT2D eigenvalue weighted by Crippen LogP contribution is -2.41. The Hall–Kier alpha value is -1.05. The molecule has 2 N–H and O–H groups in total. The summed E-state index contributed by atoms with van der Waals surface area (Å²) in [4.78, 5) is 10.6. The Morgan fingerprint density at radius 1 is 1.73 bits per heavy atom. The minimum atomic E-state index is -0.632. The van der Waals surface area contributed by atoms with Crippen LogP contribution in [0, 0.1) is 12.3 Å². The van der Waals surface area contributed by atoms with Crippen LogP contribution in [0.25, 0.3) is 0 Å². The quantitative estimate of drug-likeness (QED) is 0.453. The molecule has 4 heteroatoms. The molecule has 1 heterocycles. The van der Waals surface area contributed by atoms with Crippen LogP contribution in [0.4, 0.5) is 0 Å². The summed E-state index contributed by atoms with van der Waals surface area (Å²) in [6, 6.07) is -0.349. The highest BCUT2D eigenvalue weighted by molar-refractivity contribution is 5.93. The minimum Gasteiger partial charge on any atom is -0.388 e. The molecule has 0 unspecified atom stereocenters.